The Morgan fingerprint density at radius 3 is 2.68 bits per heavy atom. The first-order valence-corrected chi connectivity index (χ1v) is 8.25. The number of aryl methyl sites for hydroxylation is 2. The molecule has 0 aromatic heterocycles. The molecule has 2 N–H and O–H groups in total. The molecule has 1 aromatic rings. The molecule has 0 aliphatic carbocycles. The monoisotopic (exact) mass is 307 g/mol. The molecular formula is C18H29NO3. The Kier molecular flexibility index (Phi) is 6.24. The van der Waals surface area contributed by atoms with Crippen molar-refractivity contribution in [2.24, 2.45) is 0 Å². The molecule has 22 heavy (non-hydrogen) atoms. The van der Waals surface area contributed by atoms with Gasteiger partial charge in [0, 0.05) is 12.6 Å². The van der Waals surface area contributed by atoms with E-state index in [4.69, 9.17) is 4.74 Å². The lowest BCUT2D eigenvalue weighted by molar-refractivity contribution is 0.0230. The molecule has 1 aliphatic rings. The highest BCUT2D eigenvalue weighted by atomic mass is 16.5. The van der Waals surface area contributed by atoms with Crippen molar-refractivity contribution in [2.45, 2.75) is 52.2 Å². The number of hydrogen-bond acceptors (Lipinski definition) is 4. The molecule has 4 nitrogen and oxygen atoms in total. The Morgan fingerprint density at radius 1 is 1.23 bits per heavy atom. The third-order valence-corrected chi connectivity index (χ3v) is 4.70. The van der Waals surface area contributed by atoms with Gasteiger partial charge in [0.25, 0.3) is 0 Å². The topological polar surface area (TPSA) is 52.9 Å². The van der Waals surface area contributed by atoms with E-state index in [9.17, 15) is 10.2 Å². The van der Waals surface area contributed by atoms with Crippen LogP contribution in [0.1, 0.15) is 36.0 Å². The first kappa shape index (κ1) is 17.3. The average Bonchev–Trinajstić information content (AvgIpc) is 2.51. The lowest BCUT2D eigenvalue weighted by atomic mass is 10.0. The Labute approximate surface area is 133 Å². The van der Waals surface area contributed by atoms with Gasteiger partial charge in [-0.2, -0.15) is 0 Å². The van der Waals surface area contributed by atoms with Gasteiger partial charge in [-0.15, -0.1) is 0 Å². The van der Waals surface area contributed by atoms with Gasteiger partial charge in [0.05, 0.1) is 6.61 Å². The smallest absolute Gasteiger partial charge is 0.125 e. The van der Waals surface area contributed by atoms with Crippen molar-refractivity contribution < 1.29 is 14.9 Å². The Morgan fingerprint density at radius 2 is 1.95 bits per heavy atom. The summed E-state index contributed by atoms with van der Waals surface area (Å²) in [5.41, 5.74) is 3.44. The van der Waals surface area contributed by atoms with E-state index in [1.54, 1.807) is 0 Å². The quantitative estimate of drug-likeness (QED) is 0.846. The van der Waals surface area contributed by atoms with Gasteiger partial charge in [-0.05, 0) is 56.8 Å². The van der Waals surface area contributed by atoms with Crippen LogP contribution < -0.4 is 4.74 Å². The highest BCUT2D eigenvalue weighted by Crippen LogP contribution is 2.26. The van der Waals surface area contributed by atoms with Crippen LogP contribution in [0.2, 0.25) is 0 Å². The van der Waals surface area contributed by atoms with Crippen molar-refractivity contribution in [3.8, 4) is 5.75 Å². The number of aliphatic hydroxyl groups is 2. The maximum atomic E-state index is 10.3. The zero-order valence-electron chi connectivity index (χ0n) is 14.0. The molecule has 0 radical (unpaired) electrons. The molecule has 0 amide bonds. The fraction of sp³-hybridized carbons (Fsp3) is 0.667. The number of β-amino-alcohol motifs (C(OH)–C–C–N with tert-alkyl or cyclic N) is 1. The maximum Gasteiger partial charge on any atom is 0.125 e. The number of likely N-dealkylation sites (tertiary alicyclic amines) is 1. The molecular weight excluding hydrogens is 278 g/mol. The molecule has 124 valence electrons. The van der Waals surface area contributed by atoms with Crippen LogP contribution in [0.5, 0.6) is 5.75 Å². The van der Waals surface area contributed by atoms with Crippen molar-refractivity contribution in [2.75, 3.05) is 26.3 Å². The molecule has 2 atom stereocenters. The maximum absolute atomic E-state index is 10.3. The van der Waals surface area contributed by atoms with E-state index in [0.29, 0.717) is 13.2 Å². The standard InChI is InChI=1S/C18H29NO3/c1-13-7-8-14(2)18(15(13)3)22-12-17(21)10-19-9-5-4-6-16(19)11-20/h7-8,16-17,20-21H,4-6,9-12H2,1-3H3/t16-,17-/m1/s1. The third kappa shape index (κ3) is 4.22. The zero-order valence-corrected chi connectivity index (χ0v) is 14.0. The van der Waals surface area contributed by atoms with Crippen molar-refractivity contribution in [3.63, 3.8) is 0 Å². The molecule has 1 aliphatic heterocycles. The molecule has 2 rings (SSSR count). The summed E-state index contributed by atoms with van der Waals surface area (Å²) in [6.45, 7) is 8.12. The van der Waals surface area contributed by atoms with Crippen molar-refractivity contribution in [3.05, 3.63) is 28.8 Å². The van der Waals surface area contributed by atoms with Crippen LogP contribution >= 0.6 is 0 Å². The minimum absolute atomic E-state index is 0.170. The lowest BCUT2D eigenvalue weighted by Crippen LogP contribution is -2.46. The number of hydrogen-bond donors (Lipinski definition) is 2. The van der Waals surface area contributed by atoms with E-state index in [2.05, 4.69) is 30.9 Å². The molecule has 1 heterocycles. The second kappa shape index (κ2) is 7.95. The molecule has 0 saturated carbocycles. The number of ether oxygens (including phenoxy) is 1. The highest BCUT2D eigenvalue weighted by Gasteiger charge is 2.24. The van der Waals surface area contributed by atoms with Crippen LogP contribution in [-0.2, 0) is 0 Å². The van der Waals surface area contributed by atoms with Gasteiger partial charge in [0.1, 0.15) is 18.5 Å². The van der Waals surface area contributed by atoms with Crippen molar-refractivity contribution in [1.29, 1.82) is 0 Å². The second-order valence-corrected chi connectivity index (χ2v) is 6.45. The SMILES string of the molecule is Cc1ccc(C)c(OC[C@H](O)CN2CCCC[C@@H]2CO)c1C. The Balaban J connectivity index is 1.90. The minimum atomic E-state index is -0.536. The number of benzene rings is 1. The highest BCUT2D eigenvalue weighted by molar-refractivity contribution is 5.44. The normalized spacial score (nSPS) is 20.9. The van der Waals surface area contributed by atoms with E-state index in [1.165, 1.54) is 5.56 Å². The van der Waals surface area contributed by atoms with Crippen LogP contribution in [0, 0.1) is 20.8 Å². The number of piperidine rings is 1. The molecule has 0 spiro atoms. The average molecular weight is 307 g/mol. The summed E-state index contributed by atoms with van der Waals surface area (Å²) in [6.07, 6.45) is 2.78. The summed E-state index contributed by atoms with van der Waals surface area (Å²) in [7, 11) is 0. The Bertz CT molecular complexity index is 489. The molecule has 1 aromatic carbocycles. The van der Waals surface area contributed by atoms with Gasteiger partial charge >= 0.3 is 0 Å². The Hall–Kier alpha value is -1.10. The van der Waals surface area contributed by atoms with Gasteiger partial charge in [0.15, 0.2) is 0 Å². The van der Waals surface area contributed by atoms with Crippen LogP contribution in [0.3, 0.4) is 0 Å². The fourth-order valence-corrected chi connectivity index (χ4v) is 3.16. The zero-order chi connectivity index (χ0) is 16.1. The van der Waals surface area contributed by atoms with E-state index >= 15 is 0 Å². The first-order valence-electron chi connectivity index (χ1n) is 8.25. The van der Waals surface area contributed by atoms with E-state index in [1.807, 2.05) is 6.92 Å². The van der Waals surface area contributed by atoms with E-state index < -0.39 is 6.10 Å². The lowest BCUT2D eigenvalue weighted by Gasteiger charge is -2.35. The van der Waals surface area contributed by atoms with E-state index in [0.717, 1.165) is 42.7 Å². The second-order valence-electron chi connectivity index (χ2n) is 6.45. The fourth-order valence-electron chi connectivity index (χ4n) is 3.16. The summed E-state index contributed by atoms with van der Waals surface area (Å²) >= 11 is 0. The summed E-state index contributed by atoms with van der Waals surface area (Å²) < 4.78 is 5.88. The van der Waals surface area contributed by atoms with E-state index in [-0.39, 0.29) is 12.6 Å². The number of rotatable bonds is 6. The summed E-state index contributed by atoms with van der Waals surface area (Å²) in [4.78, 5) is 2.19. The molecule has 0 unspecified atom stereocenters. The van der Waals surface area contributed by atoms with Crippen LogP contribution in [-0.4, -0.2) is 53.6 Å². The van der Waals surface area contributed by atoms with Crippen molar-refractivity contribution in [1.82, 2.24) is 4.90 Å². The number of aliphatic hydroxyl groups excluding tert-OH is 2. The largest absolute Gasteiger partial charge is 0.490 e. The van der Waals surface area contributed by atoms with Gasteiger partial charge in [-0.3, -0.25) is 4.90 Å². The molecule has 0 bridgehead atoms. The molecule has 1 saturated heterocycles. The van der Waals surface area contributed by atoms with Gasteiger partial charge in [-0.25, -0.2) is 0 Å². The van der Waals surface area contributed by atoms with Crippen LogP contribution in [0.15, 0.2) is 12.1 Å². The summed E-state index contributed by atoms with van der Waals surface area (Å²) in [6, 6.07) is 4.33. The molecule has 1 fully saturated rings. The van der Waals surface area contributed by atoms with Crippen LogP contribution in [0.25, 0.3) is 0 Å². The van der Waals surface area contributed by atoms with Gasteiger partial charge < -0.3 is 14.9 Å². The predicted molar refractivity (Wildman–Crippen MR) is 88.5 cm³/mol. The number of nitrogens with zero attached hydrogens (tertiary/aromatic N) is 1. The van der Waals surface area contributed by atoms with Gasteiger partial charge in [0.2, 0.25) is 0 Å². The summed E-state index contributed by atoms with van der Waals surface area (Å²) in [5.74, 6) is 0.886. The molecule has 4 heteroatoms. The third-order valence-electron chi connectivity index (χ3n) is 4.70. The first-order chi connectivity index (χ1) is 10.5. The van der Waals surface area contributed by atoms with Gasteiger partial charge in [-0.1, -0.05) is 18.6 Å². The minimum Gasteiger partial charge on any atom is -0.490 e. The summed E-state index contributed by atoms with van der Waals surface area (Å²) in [5, 5.41) is 19.7. The predicted octanol–water partition coefficient (Wildman–Crippen LogP) is 2.20. The van der Waals surface area contributed by atoms with Crippen molar-refractivity contribution >= 4 is 0 Å². The van der Waals surface area contributed by atoms with Crippen LogP contribution in [0.4, 0.5) is 0 Å².